The molecule has 0 spiro atoms. The van der Waals surface area contributed by atoms with Crippen molar-refractivity contribution < 1.29 is 13.7 Å². The summed E-state index contributed by atoms with van der Waals surface area (Å²) in [5.74, 6) is -0.907. The van der Waals surface area contributed by atoms with E-state index >= 15 is 0 Å². The Balaban J connectivity index is 2.90. The summed E-state index contributed by atoms with van der Waals surface area (Å²) in [7, 11) is 0. The van der Waals surface area contributed by atoms with Gasteiger partial charge < -0.3 is 10.3 Å². The van der Waals surface area contributed by atoms with Gasteiger partial charge in [0, 0.05) is 11.3 Å². The van der Waals surface area contributed by atoms with E-state index in [4.69, 9.17) is 5.73 Å². The Labute approximate surface area is 84.3 Å². The zero-order valence-corrected chi connectivity index (χ0v) is 8.44. The molecule has 1 rings (SSSR count). The Morgan fingerprint density at radius 2 is 2.29 bits per heavy atom. The van der Waals surface area contributed by atoms with E-state index in [-0.39, 0.29) is 22.8 Å². The van der Waals surface area contributed by atoms with Gasteiger partial charge in [-0.1, -0.05) is 0 Å². The molecule has 0 heterocycles. The van der Waals surface area contributed by atoms with Crippen molar-refractivity contribution in [2.75, 3.05) is 17.7 Å². The second kappa shape index (κ2) is 4.43. The lowest BCUT2D eigenvalue weighted by Gasteiger charge is -2.06. The number of carbonyl (C=O) groups excluding carboxylic acids is 1. The fourth-order valence-electron chi connectivity index (χ4n) is 1.05. The van der Waals surface area contributed by atoms with Crippen LogP contribution in [0.4, 0.5) is 10.1 Å². The van der Waals surface area contributed by atoms with Crippen LogP contribution in [0, 0.1) is 5.82 Å². The number of Topliss-reactive ketones (excluding diaryl/α,β-unsaturated/α-hetero) is 1. The second-order valence-electron chi connectivity index (χ2n) is 2.87. The molecule has 0 aliphatic carbocycles. The Morgan fingerprint density at radius 1 is 1.64 bits per heavy atom. The molecule has 0 saturated heterocycles. The number of nitrogen functional groups attached to an aromatic ring is 1. The molecule has 3 nitrogen and oxygen atoms in total. The molecule has 14 heavy (non-hydrogen) atoms. The van der Waals surface area contributed by atoms with Gasteiger partial charge in [0.15, 0.2) is 5.75 Å². The van der Waals surface area contributed by atoms with Crippen molar-refractivity contribution >= 4 is 22.6 Å². The zero-order chi connectivity index (χ0) is 10.7. The Hall–Kier alpha value is -1.07. The molecule has 0 bridgehead atoms. The van der Waals surface area contributed by atoms with Crippen LogP contribution in [0.3, 0.4) is 0 Å². The Kier molecular flexibility index (Phi) is 3.49. The fourth-order valence-corrected chi connectivity index (χ4v) is 1.57. The maximum Gasteiger partial charge on any atom is 0.213 e. The quantitative estimate of drug-likeness (QED) is 0.464. The predicted octanol–water partition coefficient (Wildman–Crippen LogP) is 0.969. The molecule has 76 valence electrons. The SMILES string of the molecule is C[S+]([O-])CC(=O)c1ccc(F)cc1N. The van der Waals surface area contributed by atoms with Gasteiger partial charge in [0.2, 0.25) is 5.78 Å². The molecule has 0 fully saturated rings. The molecule has 1 unspecified atom stereocenters. The molecule has 1 atom stereocenters. The minimum Gasteiger partial charge on any atom is -0.616 e. The van der Waals surface area contributed by atoms with E-state index in [1.807, 2.05) is 0 Å². The van der Waals surface area contributed by atoms with Gasteiger partial charge in [0.25, 0.3) is 0 Å². The lowest BCUT2D eigenvalue weighted by atomic mass is 10.1. The summed E-state index contributed by atoms with van der Waals surface area (Å²) in [6.45, 7) is 0. The molecule has 0 aliphatic heterocycles. The first kappa shape index (κ1) is 11.0. The van der Waals surface area contributed by atoms with Crippen LogP contribution in [0.25, 0.3) is 0 Å². The summed E-state index contributed by atoms with van der Waals surface area (Å²) in [6.07, 6.45) is 1.43. The summed E-state index contributed by atoms with van der Waals surface area (Å²) in [4.78, 5) is 11.4. The van der Waals surface area contributed by atoms with Crippen molar-refractivity contribution in [3.8, 4) is 0 Å². The van der Waals surface area contributed by atoms with Gasteiger partial charge >= 0.3 is 0 Å². The lowest BCUT2D eigenvalue weighted by Crippen LogP contribution is -2.16. The van der Waals surface area contributed by atoms with Crippen molar-refractivity contribution in [3.63, 3.8) is 0 Å². The first-order valence-corrected chi connectivity index (χ1v) is 5.61. The van der Waals surface area contributed by atoms with Gasteiger partial charge in [-0.25, -0.2) is 4.39 Å². The van der Waals surface area contributed by atoms with Crippen LogP contribution in [0.5, 0.6) is 0 Å². The molecule has 5 heteroatoms. The van der Waals surface area contributed by atoms with E-state index < -0.39 is 17.0 Å². The lowest BCUT2D eigenvalue weighted by molar-refractivity contribution is 0.102. The molecule has 1 aromatic carbocycles. The number of carbonyl (C=O) groups is 1. The molecule has 0 radical (unpaired) electrons. The summed E-state index contributed by atoms with van der Waals surface area (Å²) in [5.41, 5.74) is 5.75. The van der Waals surface area contributed by atoms with Crippen LogP contribution in [0.15, 0.2) is 18.2 Å². The van der Waals surface area contributed by atoms with Gasteiger partial charge in [0.05, 0.1) is 6.26 Å². The van der Waals surface area contributed by atoms with Crippen molar-refractivity contribution in [3.05, 3.63) is 29.6 Å². The van der Waals surface area contributed by atoms with E-state index in [1.165, 1.54) is 12.3 Å². The van der Waals surface area contributed by atoms with Gasteiger partial charge in [-0.05, 0) is 29.4 Å². The van der Waals surface area contributed by atoms with E-state index in [9.17, 15) is 13.7 Å². The highest BCUT2D eigenvalue weighted by Gasteiger charge is 2.14. The number of anilines is 1. The summed E-state index contributed by atoms with van der Waals surface area (Å²) >= 11 is -1.21. The highest BCUT2D eigenvalue weighted by molar-refractivity contribution is 7.91. The maximum atomic E-state index is 12.6. The van der Waals surface area contributed by atoms with Crippen LogP contribution in [0.1, 0.15) is 10.4 Å². The number of rotatable bonds is 3. The Bertz CT molecular complexity index is 355. The summed E-state index contributed by atoms with van der Waals surface area (Å²) in [5, 5.41) is 0. The van der Waals surface area contributed by atoms with E-state index in [2.05, 4.69) is 0 Å². The van der Waals surface area contributed by atoms with Crippen LogP contribution in [0.2, 0.25) is 0 Å². The standard InChI is InChI=1S/C9H10FNO2S/c1-14(13)5-9(12)7-3-2-6(10)4-8(7)11/h2-4H,5,11H2,1H3. The fraction of sp³-hybridized carbons (Fsp3) is 0.222. The third-order valence-corrected chi connectivity index (χ3v) is 2.32. The summed E-state index contributed by atoms with van der Waals surface area (Å²) < 4.78 is 23.4. The van der Waals surface area contributed by atoms with Crippen molar-refractivity contribution in [1.82, 2.24) is 0 Å². The molecule has 0 saturated carbocycles. The number of ketones is 1. The molecule has 1 aromatic rings. The second-order valence-corrected chi connectivity index (χ2v) is 4.31. The Morgan fingerprint density at radius 3 is 2.79 bits per heavy atom. The third-order valence-electron chi connectivity index (χ3n) is 1.65. The van der Waals surface area contributed by atoms with Crippen LogP contribution in [-0.4, -0.2) is 22.3 Å². The van der Waals surface area contributed by atoms with E-state index in [0.29, 0.717) is 0 Å². The maximum absolute atomic E-state index is 12.6. The summed E-state index contributed by atoms with van der Waals surface area (Å²) in [6, 6.07) is 3.54. The number of benzene rings is 1. The van der Waals surface area contributed by atoms with Crippen LogP contribution in [-0.2, 0) is 11.2 Å². The van der Waals surface area contributed by atoms with Crippen LogP contribution < -0.4 is 5.73 Å². The number of hydrogen-bond acceptors (Lipinski definition) is 3. The minimum absolute atomic E-state index is 0.0838. The van der Waals surface area contributed by atoms with Gasteiger partial charge in [-0.2, -0.15) is 0 Å². The highest BCUT2D eigenvalue weighted by Crippen LogP contribution is 2.14. The molecule has 0 aromatic heterocycles. The number of nitrogens with two attached hydrogens (primary N) is 1. The van der Waals surface area contributed by atoms with Crippen molar-refractivity contribution in [2.24, 2.45) is 0 Å². The largest absolute Gasteiger partial charge is 0.616 e. The first-order chi connectivity index (χ1) is 6.50. The third kappa shape index (κ3) is 2.71. The minimum atomic E-state index is -1.21. The van der Waals surface area contributed by atoms with Gasteiger partial charge in [0.1, 0.15) is 5.82 Å². The first-order valence-electron chi connectivity index (χ1n) is 3.89. The normalized spacial score (nSPS) is 12.5. The molecular formula is C9H10FNO2S. The topological polar surface area (TPSA) is 66.1 Å². The number of hydrogen-bond donors (Lipinski definition) is 1. The van der Waals surface area contributed by atoms with Crippen LogP contribution >= 0.6 is 0 Å². The zero-order valence-electron chi connectivity index (χ0n) is 7.62. The number of halogens is 1. The average molecular weight is 215 g/mol. The predicted molar refractivity (Wildman–Crippen MR) is 54.1 cm³/mol. The smallest absolute Gasteiger partial charge is 0.213 e. The monoisotopic (exact) mass is 215 g/mol. The van der Waals surface area contributed by atoms with Gasteiger partial charge in [-0.15, -0.1) is 0 Å². The van der Waals surface area contributed by atoms with Gasteiger partial charge in [-0.3, -0.25) is 4.79 Å². The molecule has 0 aliphatic rings. The van der Waals surface area contributed by atoms with E-state index in [0.717, 1.165) is 12.1 Å². The van der Waals surface area contributed by atoms with Crippen molar-refractivity contribution in [2.45, 2.75) is 0 Å². The molecule has 2 N–H and O–H groups in total. The van der Waals surface area contributed by atoms with E-state index in [1.54, 1.807) is 0 Å². The molecular weight excluding hydrogens is 205 g/mol. The molecule has 0 amide bonds. The average Bonchev–Trinajstić information content (AvgIpc) is 2.01. The van der Waals surface area contributed by atoms with Crippen molar-refractivity contribution in [1.29, 1.82) is 0 Å². The highest BCUT2D eigenvalue weighted by atomic mass is 32.2.